The Kier molecular flexibility index (Phi) is 3.77. The number of nitrogens with two attached hydrogens (primary N) is 1. The van der Waals surface area contributed by atoms with E-state index in [1.165, 1.54) is 13.2 Å². The molecule has 0 spiro atoms. The van der Waals surface area contributed by atoms with Gasteiger partial charge in [-0.2, -0.15) is 13.2 Å². The summed E-state index contributed by atoms with van der Waals surface area (Å²) in [5.41, 5.74) is 5.06. The second-order valence-electron chi connectivity index (χ2n) is 3.24. The molecule has 1 unspecified atom stereocenters. The zero-order valence-corrected chi connectivity index (χ0v) is 8.58. The van der Waals surface area contributed by atoms with E-state index in [1.54, 1.807) is 0 Å². The molecule has 3 nitrogen and oxygen atoms in total. The lowest BCUT2D eigenvalue weighted by atomic mass is 10.0. The molecule has 90 valence electrons. The highest BCUT2D eigenvalue weighted by molar-refractivity contribution is 5.40. The molecule has 1 aromatic rings. The molecule has 1 aromatic carbocycles. The molecule has 0 bridgehead atoms. The molecule has 0 heterocycles. The summed E-state index contributed by atoms with van der Waals surface area (Å²) in [6.45, 7) is -0.359. The van der Waals surface area contributed by atoms with Crippen molar-refractivity contribution in [3.8, 4) is 5.75 Å². The molecule has 1 atom stereocenters. The zero-order valence-electron chi connectivity index (χ0n) is 8.58. The van der Waals surface area contributed by atoms with Gasteiger partial charge in [0.25, 0.3) is 0 Å². The highest BCUT2D eigenvalue weighted by Gasteiger charge is 2.31. The van der Waals surface area contributed by atoms with E-state index < -0.39 is 17.8 Å². The third kappa shape index (κ3) is 2.65. The molecule has 0 aliphatic heterocycles. The molecule has 0 aliphatic carbocycles. The van der Waals surface area contributed by atoms with Gasteiger partial charge >= 0.3 is 6.18 Å². The van der Waals surface area contributed by atoms with Crippen LogP contribution in [0, 0.1) is 0 Å². The maximum absolute atomic E-state index is 12.4. The van der Waals surface area contributed by atoms with Gasteiger partial charge < -0.3 is 15.6 Å². The third-order valence-corrected chi connectivity index (χ3v) is 2.16. The van der Waals surface area contributed by atoms with Gasteiger partial charge in [-0.25, -0.2) is 0 Å². The Bertz CT molecular complexity index is 366. The SMILES string of the molecule is COc1cc(C(F)(F)F)ccc1C(N)CO. The van der Waals surface area contributed by atoms with Crippen LogP contribution in [0.25, 0.3) is 0 Å². The topological polar surface area (TPSA) is 55.5 Å². The predicted molar refractivity (Wildman–Crippen MR) is 52.0 cm³/mol. The van der Waals surface area contributed by atoms with Crippen molar-refractivity contribution >= 4 is 0 Å². The van der Waals surface area contributed by atoms with Gasteiger partial charge in [0, 0.05) is 5.56 Å². The summed E-state index contributed by atoms with van der Waals surface area (Å²) < 4.78 is 42.0. The predicted octanol–water partition coefficient (Wildman–Crippen LogP) is 1.71. The molecule has 1 rings (SSSR count). The second-order valence-corrected chi connectivity index (χ2v) is 3.24. The van der Waals surface area contributed by atoms with Crippen molar-refractivity contribution in [1.29, 1.82) is 0 Å². The van der Waals surface area contributed by atoms with Crippen LogP contribution in [0.15, 0.2) is 18.2 Å². The van der Waals surface area contributed by atoms with E-state index in [2.05, 4.69) is 0 Å². The first-order valence-electron chi connectivity index (χ1n) is 4.51. The van der Waals surface area contributed by atoms with Crippen LogP contribution in [0.5, 0.6) is 5.75 Å². The summed E-state index contributed by atoms with van der Waals surface area (Å²) in [6, 6.07) is 2.23. The van der Waals surface area contributed by atoms with Crippen LogP contribution in [-0.4, -0.2) is 18.8 Å². The van der Waals surface area contributed by atoms with E-state index in [0.717, 1.165) is 12.1 Å². The van der Waals surface area contributed by atoms with Gasteiger partial charge in [0.05, 0.1) is 25.3 Å². The van der Waals surface area contributed by atoms with Crippen molar-refractivity contribution in [2.24, 2.45) is 5.73 Å². The minimum atomic E-state index is -4.42. The van der Waals surface area contributed by atoms with Crippen LogP contribution in [0.1, 0.15) is 17.2 Å². The van der Waals surface area contributed by atoms with Crippen LogP contribution < -0.4 is 10.5 Å². The van der Waals surface area contributed by atoms with Crippen LogP contribution in [0.3, 0.4) is 0 Å². The summed E-state index contributed by atoms with van der Waals surface area (Å²) in [4.78, 5) is 0. The van der Waals surface area contributed by atoms with Gasteiger partial charge in [-0.15, -0.1) is 0 Å². The summed E-state index contributed by atoms with van der Waals surface area (Å²) in [7, 11) is 1.25. The molecule has 0 aromatic heterocycles. The highest BCUT2D eigenvalue weighted by atomic mass is 19.4. The average molecular weight is 235 g/mol. The van der Waals surface area contributed by atoms with Crippen molar-refractivity contribution in [2.75, 3.05) is 13.7 Å². The summed E-state index contributed by atoms with van der Waals surface area (Å²) in [6.07, 6.45) is -4.42. The van der Waals surface area contributed by atoms with Crippen molar-refractivity contribution < 1.29 is 23.0 Å². The largest absolute Gasteiger partial charge is 0.496 e. The van der Waals surface area contributed by atoms with E-state index in [4.69, 9.17) is 15.6 Å². The zero-order chi connectivity index (χ0) is 12.3. The minimum absolute atomic E-state index is 0.0244. The number of hydrogen-bond acceptors (Lipinski definition) is 3. The van der Waals surface area contributed by atoms with Crippen molar-refractivity contribution in [3.05, 3.63) is 29.3 Å². The molecule has 0 fully saturated rings. The first kappa shape index (κ1) is 12.8. The normalized spacial score (nSPS) is 13.6. The lowest BCUT2D eigenvalue weighted by molar-refractivity contribution is -0.137. The van der Waals surface area contributed by atoms with Gasteiger partial charge in [-0.1, -0.05) is 6.07 Å². The smallest absolute Gasteiger partial charge is 0.416 e. The Hall–Kier alpha value is -1.27. The number of ether oxygens (including phenoxy) is 1. The van der Waals surface area contributed by atoms with Crippen LogP contribution >= 0.6 is 0 Å². The fourth-order valence-electron chi connectivity index (χ4n) is 1.29. The number of rotatable bonds is 3. The quantitative estimate of drug-likeness (QED) is 0.838. The highest BCUT2D eigenvalue weighted by Crippen LogP contribution is 2.34. The Balaban J connectivity index is 3.17. The average Bonchev–Trinajstić information content (AvgIpc) is 2.26. The van der Waals surface area contributed by atoms with Gasteiger partial charge in [-0.05, 0) is 12.1 Å². The number of halogens is 3. The van der Waals surface area contributed by atoms with E-state index >= 15 is 0 Å². The van der Waals surface area contributed by atoms with Gasteiger partial charge in [0.2, 0.25) is 0 Å². The fraction of sp³-hybridized carbons (Fsp3) is 0.400. The van der Waals surface area contributed by atoms with Crippen LogP contribution in [0.4, 0.5) is 13.2 Å². The monoisotopic (exact) mass is 235 g/mol. The molecule has 6 heteroatoms. The molecule has 0 aliphatic rings. The maximum Gasteiger partial charge on any atom is 0.416 e. The third-order valence-electron chi connectivity index (χ3n) is 2.16. The molecule has 0 saturated heterocycles. The Morgan fingerprint density at radius 1 is 1.44 bits per heavy atom. The first-order chi connectivity index (χ1) is 7.40. The molecular weight excluding hydrogens is 223 g/mol. The number of aliphatic hydroxyl groups excluding tert-OH is 1. The minimum Gasteiger partial charge on any atom is -0.496 e. The van der Waals surface area contributed by atoms with E-state index in [1.807, 2.05) is 0 Å². The second kappa shape index (κ2) is 4.71. The van der Waals surface area contributed by atoms with E-state index in [-0.39, 0.29) is 12.4 Å². The van der Waals surface area contributed by atoms with Gasteiger partial charge in [-0.3, -0.25) is 0 Å². The van der Waals surface area contributed by atoms with E-state index in [0.29, 0.717) is 5.56 Å². The van der Waals surface area contributed by atoms with Gasteiger partial charge in [0.1, 0.15) is 5.75 Å². The Morgan fingerprint density at radius 2 is 2.06 bits per heavy atom. The Labute approximate surface area is 90.6 Å². The van der Waals surface area contributed by atoms with Crippen molar-refractivity contribution in [2.45, 2.75) is 12.2 Å². The number of methoxy groups -OCH3 is 1. The standard InChI is InChI=1S/C10H12F3NO2/c1-16-9-4-6(10(11,12)13)2-3-7(9)8(14)5-15/h2-4,8,15H,5,14H2,1H3. The fourth-order valence-corrected chi connectivity index (χ4v) is 1.29. The lowest BCUT2D eigenvalue weighted by Gasteiger charge is -2.15. The van der Waals surface area contributed by atoms with Crippen molar-refractivity contribution in [3.63, 3.8) is 0 Å². The Morgan fingerprint density at radius 3 is 2.50 bits per heavy atom. The summed E-state index contributed by atoms with van der Waals surface area (Å²) in [5, 5.41) is 8.83. The number of hydrogen-bond donors (Lipinski definition) is 2. The van der Waals surface area contributed by atoms with E-state index in [9.17, 15) is 13.2 Å². The maximum atomic E-state index is 12.4. The molecule has 3 N–H and O–H groups in total. The summed E-state index contributed by atoms with van der Waals surface area (Å²) in [5.74, 6) is 0.0244. The molecule has 16 heavy (non-hydrogen) atoms. The number of benzene rings is 1. The van der Waals surface area contributed by atoms with Crippen molar-refractivity contribution in [1.82, 2.24) is 0 Å². The molecule has 0 saturated carbocycles. The van der Waals surface area contributed by atoms with Crippen LogP contribution in [-0.2, 0) is 6.18 Å². The number of alkyl halides is 3. The number of aliphatic hydroxyl groups is 1. The molecule has 0 amide bonds. The van der Waals surface area contributed by atoms with Gasteiger partial charge in [0.15, 0.2) is 0 Å². The molecule has 0 radical (unpaired) electrons. The molecular formula is C10H12F3NO2. The lowest BCUT2D eigenvalue weighted by Crippen LogP contribution is -2.16. The first-order valence-corrected chi connectivity index (χ1v) is 4.51. The summed E-state index contributed by atoms with van der Waals surface area (Å²) >= 11 is 0. The van der Waals surface area contributed by atoms with Crippen LogP contribution in [0.2, 0.25) is 0 Å².